The Morgan fingerprint density at radius 3 is 2.38 bits per heavy atom. The number of para-hydroxylation sites is 2. The summed E-state index contributed by atoms with van der Waals surface area (Å²) in [4.78, 5) is 23.3. The summed E-state index contributed by atoms with van der Waals surface area (Å²) in [5.74, 6) is 0.202. The molecule has 0 aliphatic heterocycles. The van der Waals surface area contributed by atoms with Crippen LogP contribution in [0.1, 0.15) is 16.8 Å². The molecule has 2 N–H and O–H groups in total. The molecule has 6 nitrogen and oxygen atoms in total. The Morgan fingerprint density at radius 1 is 1.00 bits per heavy atom. The molecule has 0 saturated heterocycles. The van der Waals surface area contributed by atoms with Crippen molar-refractivity contribution < 1.29 is 19.1 Å². The number of rotatable bonds is 7. The monoisotopic (exact) mass is 328 g/mol. The predicted octanol–water partition coefficient (Wildman–Crippen LogP) is 2.92. The van der Waals surface area contributed by atoms with E-state index in [9.17, 15) is 9.59 Å². The minimum absolute atomic E-state index is 0.122. The topological polar surface area (TPSA) is 76.7 Å². The highest BCUT2D eigenvalue weighted by Gasteiger charge is 2.07. The van der Waals surface area contributed by atoms with Crippen LogP contribution in [0.4, 0.5) is 11.4 Å². The van der Waals surface area contributed by atoms with Gasteiger partial charge in [0.15, 0.2) is 0 Å². The molecular weight excluding hydrogens is 308 g/mol. The van der Waals surface area contributed by atoms with E-state index in [-0.39, 0.29) is 5.91 Å². The van der Waals surface area contributed by atoms with Crippen molar-refractivity contribution in [1.82, 2.24) is 0 Å². The van der Waals surface area contributed by atoms with Gasteiger partial charge < -0.3 is 20.1 Å². The van der Waals surface area contributed by atoms with Crippen molar-refractivity contribution in [3.05, 3.63) is 54.1 Å². The smallest absolute Gasteiger partial charge is 0.337 e. The lowest BCUT2D eigenvalue weighted by Gasteiger charge is -2.11. The van der Waals surface area contributed by atoms with Crippen LogP contribution in [0.3, 0.4) is 0 Å². The van der Waals surface area contributed by atoms with Crippen LogP contribution in [0.15, 0.2) is 48.5 Å². The number of esters is 1. The Balaban J connectivity index is 1.82. The number of benzene rings is 2. The fourth-order valence-corrected chi connectivity index (χ4v) is 2.13. The molecule has 24 heavy (non-hydrogen) atoms. The highest BCUT2D eigenvalue weighted by atomic mass is 16.5. The molecular formula is C18H20N2O4. The average Bonchev–Trinajstić information content (AvgIpc) is 2.62. The molecule has 0 fully saturated rings. The van der Waals surface area contributed by atoms with Gasteiger partial charge in [0.05, 0.1) is 25.5 Å². The van der Waals surface area contributed by atoms with Gasteiger partial charge in [-0.25, -0.2) is 4.79 Å². The lowest BCUT2D eigenvalue weighted by molar-refractivity contribution is -0.115. The van der Waals surface area contributed by atoms with E-state index in [1.807, 2.05) is 24.3 Å². The van der Waals surface area contributed by atoms with Gasteiger partial charge >= 0.3 is 5.97 Å². The van der Waals surface area contributed by atoms with Gasteiger partial charge in [-0.1, -0.05) is 12.1 Å². The van der Waals surface area contributed by atoms with Crippen molar-refractivity contribution in [2.45, 2.75) is 6.42 Å². The molecule has 0 heterocycles. The number of amides is 1. The van der Waals surface area contributed by atoms with Gasteiger partial charge in [0.25, 0.3) is 0 Å². The van der Waals surface area contributed by atoms with Gasteiger partial charge in [0, 0.05) is 18.7 Å². The molecule has 2 aromatic rings. The summed E-state index contributed by atoms with van der Waals surface area (Å²) in [6.07, 6.45) is 0.302. The third-order valence-corrected chi connectivity index (χ3v) is 3.36. The maximum Gasteiger partial charge on any atom is 0.337 e. The Hall–Kier alpha value is -3.02. The quantitative estimate of drug-likeness (QED) is 0.764. The van der Waals surface area contributed by atoms with E-state index in [2.05, 4.69) is 15.4 Å². The van der Waals surface area contributed by atoms with Crippen molar-refractivity contribution in [1.29, 1.82) is 0 Å². The molecule has 0 atom stereocenters. The molecule has 0 spiro atoms. The van der Waals surface area contributed by atoms with Gasteiger partial charge in [-0.15, -0.1) is 0 Å². The zero-order chi connectivity index (χ0) is 17.4. The average molecular weight is 328 g/mol. The van der Waals surface area contributed by atoms with Crippen LogP contribution in [0.2, 0.25) is 0 Å². The second-order valence-corrected chi connectivity index (χ2v) is 4.99. The van der Waals surface area contributed by atoms with E-state index in [4.69, 9.17) is 4.74 Å². The summed E-state index contributed by atoms with van der Waals surface area (Å²) in [6, 6.07) is 14.1. The second kappa shape index (κ2) is 8.57. The summed E-state index contributed by atoms with van der Waals surface area (Å²) < 4.78 is 9.86. The fraction of sp³-hybridized carbons (Fsp3) is 0.222. The maximum absolute atomic E-state index is 12.0. The van der Waals surface area contributed by atoms with Crippen molar-refractivity contribution >= 4 is 23.3 Å². The zero-order valence-electron chi connectivity index (χ0n) is 13.7. The Labute approximate surface area is 140 Å². The third-order valence-electron chi connectivity index (χ3n) is 3.36. The minimum atomic E-state index is -0.408. The molecule has 0 unspecified atom stereocenters. The van der Waals surface area contributed by atoms with E-state index >= 15 is 0 Å². The van der Waals surface area contributed by atoms with Crippen LogP contribution in [0, 0.1) is 0 Å². The first kappa shape index (κ1) is 17.3. The second-order valence-electron chi connectivity index (χ2n) is 4.99. The van der Waals surface area contributed by atoms with Crippen LogP contribution in [-0.2, 0) is 9.53 Å². The normalized spacial score (nSPS) is 9.92. The summed E-state index contributed by atoms with van der Waals surface area (Å²) in [5, 5.41) is 5.94. The van der Waals surface area contributed by atoms with Crippen LogP contribution >= 0.6 is 0 Å². The van der Waals surface area contributed by atoms with Crippen LogP contribution in [-0.4, -0.2) is 32.6 Å². The molecule has 0 aromatic heterocycles. The molecule has 2 rings (SSSR count). The van der Waals surface area contributed by atoms with E-state index in [0.717, 1.165) is 11.4 Å². The molecule has 6 heteroatoms. The van der Waals surface area contributed by atoms with Gasteiger partial charge in [-0.05, 0) is 36.4 Å². The largest absolute Gasteiger partial charge is 0.495 e. The number of ether oxygens (including phenoxy) is 2. The number of nitrogens with one attached hydrogen (secondary N) is 2. The molecule has 2 aromatic carbocycles. The SMILES string of the molecule is COC(=O)c1ccc(NC(=O)CCNc2ccccc2OC)cc1. The number of hydrogen-bond acceptors (Lipinski definition) is 5. The minimum Gasteiger partial charge on any atom is -0.495 e. The maximum atomic E-state index is 12.0. The first-order chi connectivity index (χ1) is 11.6. The summed E-state index contributed by atoms with van der Waals surface area (Å²) in [5.41, 5.74) is 1.91. The highest BCUT2D eigenvalue weighted by Crippen LogP contribution is 2.22. The van der Waals surface area contributed by atoms with Gasteiger partial charge in [0.2, 0.25) is 5.91 Å². The van der Waals surface area contributed by atoms with Gasteiger partial charge in [-0.2, -0.15) is 0 Å². The highest BCUT2D eigenvalue weighted by molar-refractivity contribution is 5.93. The predicted molar refractivity (Wildman–Crippen MR) is 92.5 cm³/mol. The van der Waals surface area contributed by atoms with Crippen molar-refractivity contribution in [3.8, 4) is 5.75 Å². The van der Waals surface area contributed by atoms with Crippen LogP contribution in [0.25, 0.3) is 0 Å². The molecule has 0 saturated carbocycles. The van der Waals surface area contributed by atoms with E-state index < -0.39 is 5.97 Å². The lowest BCUT2D eigenvalue weighted by Crippen LogP contribution is -2.16. The summed E-state index contributed by atoms with van der Waals surface area (Å²) in [7, 11) is 2.93. The van der Waals surface area contributed by atoms with Gasteiger partial charge in [-0.3, -0.25) is 4.79 Å². The first-order valence-electron chi connectivity index (χ1n) is 7.49. The molecule has 1 amide bonds. The Morgan fingerprint density at radius 2 is 1.71 bits per heavy atom. The van der Waals surface area contributed by atoms with E-state index in [1.54, 1.807) is 31.4 Å². The zero-order valence-corrected chi connectivity index (χ0v) is 13.7. The number of anilines is 2. The van der Waals surface area contributed by atoms with E-state index in [0.29, 0.717) is 24.2 Å². The van der Waals surface area contributed by atoms with Crippen molar-refractivity contribution in [2.24, 2.45) is 0 Å². The number of carbonyl (C=O) groups is 2. The Bertz CT molecular complexity index is 698. The summed E-state index contributed by atoms with van der Waals surface area (Å²) in [6.45, 7) is 0.479. The van der Waals surface area contributed by atoms with Crippen LogP contribution in [0.5, 0.6) is 5.75 Å². The number of hydrogen-bond donors (Lipinski definition) is 2. The number of methoxy groups -OCH3 is 2. The molecule has 126 valence electrons. The Kier molecular flexibility index (Phi) is 6.19. The third kappa shape index (κ3) is 4.74. The van der Waals surface area contributed by atoms with E-state index in [1.165, 1.54) is 7.11 Å². The molecule has 0 bridgehead atoms. The number of carbonyl (C=O) groups excluding carboxylic acids is 2. The van der Waals surface area contributed by atoms with Crippen molar-refractivity contribution in [2.75, 3.05) is 31.4 Å². The fourth-order valence-electron chi connectivity index (χ4n) is 2.13. The lowest BCUT2D eigenvalue weighted by atomic mass is 10.2. The van der Waals surface area contributed by atoms with Gasteiger partial charge in [0.1, 0.15) is 5.75 Å². The molecule has 0 radical (unpaired) electrons. The standard InChI is InChI=1S/C18H20N2O4/c1-23-16-6-4-3-5-15(16)19-12-11-17(21)20-14-9-7-13(8-10-14)18(22)24-2/h3-10,19H,11-12H2,1-2H3,(H,20,21). The van der Waals surface area contributed by atoms with Crippen molar-refractivity contribution in [3.63, 3.8) is 0 Å². The first-order valence-corrected chi connectivity index (χ1v) is 7.49. The summed E-state index contributed by atoms with van der Waals surface area (Å²) >= 11 is 0. The molecule has 0 aliphatic rings. The molecule has 0 aliphatic carbocycles. The van der Waals surface area contributed by atoms with Crippen LogP contribution < -0.4 is 15.4 Å².